The number of rotatable bonds is 3. The topological polar surface area (TPSA) is 77.8 Å². The molecule has 0 spiro atoms. The first kappa shape index (κ1) is 11.9. The van der Waals surface area contributed by atoms with Crippen molar-refractivity contribution in [2.24, 2.45) is 5.92 Å². The van der Waals surface area contributed by atoms with Crippen LogP contribution in [0.2, 0.25) is 0 Å². The van der Waals surface area contributed by atoms with Crippen molar-refractivity contribution < 1.29 is 18.6 Å². The Bertz CT molecular complexity index is 278. The van der Waals surface area contributed by atoms with Gasteiger partial charge >= 0.3 is 0 Å². The van der Waals surface area contributed by atoms with E-state index in [0.717, 1.165) is 4.31 Å². The summed E-state index contributed by atoms with van der Waals surface area (Å²) in [4.78, 5) is 0. The number of hydrogen-bond donors (Lipinski definition) is 2. The van der Waals surface area contributed by atoms with Crippen LogP contribution in [-0.4, -0.2) is 54.0 Å². The van der Waals surface area contributed by atoms with Crippen LogP contribution in [0.3, 0.4) is 0 Å². The summed E-state index contributed by atoms with van der Waals surface area (Å²) in [5, 5.41) is 18.4. The number of hydrogen-bond acceptors (Lipinski definition) is 4. The summed E-state index contributed by atoms with van der Waals surface area (Å²) in [5.41, 5.74) is 0. The van der Waals surface area contributed by atoms with Gasteiger partial charge in [-0.05, 0) is 5.92 Å². The molecule has 2 atom stereocenters. The maximum atomic E-state index is 11.6. The maximum absolute atomic E-state index is 11.6. The van der Waals surface area contributed by atoms with E-state index in [2.05, 4.69) is 0 Å². The van der Waals surface area contributed by atoms with Crippen LogP contribution >= 0.6 is 0 Å². The van der Waals surface area contributed by atoms with Crippen molar-refractivity contribution in [3.63, 3.8) is 0 Å². The summed E-state index contributed by atoms with van der Waals surface area (Å²) < 4.78 is 24.4. The molecule has 0 amide bonds. The second-order valence-corrected chi connectivity index (χ2v) is 6.14. The highest BCUT2D eigenvalue weighted by atomic mass is 32.2. The van der Waals surface area contributed by atoms with E-state index in [4.69, 9.17) is 0 Å². The minimum Gasteiger partial charge on any atom is -0.389 e. The third-order valence-electron chi connectivity index (χ3n) is 2.16. The van der Waals surface area contributed by atoms with Crippen molar-refractivity contribution in [2.45, 2.75) is 26.1 Å². The summed E-state index contributed by atoms with van der Waals surface area (Å²) in [5.74, 6) is 0.113. The quantitative estimate of drug-likeness (QED) is 0.644. The molecule has 0 bridgehead atoms. The lowest BCUT2D eigenvalue weighted by molar-refractivity contribution is 0.0572. The zero-order valence-corrected chi connectivity index (χ0v) is 9.24. The highest BCUT2D eigenvalue weighted by Gasteiger charge is 2.36. The molecule has 1 rings (SSSR count). The van der Waals surface area contributed by atoms with Crippen LogP contribution < -0.4 is 0 Å². The number of sulfonamides is 1. The zero-order valence-electron chi connectivity index (χ0n) is 8.42. The Hall–Kier alpha value is -0.170. The van der Waals surface area contributed by atoms with Crippen LogP contribution in [0.1, 0.15) is 13.8 Å². The summed E-state index contributed by atoms with van der Waals surface area (Å²) in [7, 11) is -3.31. The number of β-amino-alcohol motifs (C(OH)–C–C–N with tert-alkyl or cyclic N) is 2. The SMILES string of the molecule is CC(C)CS(=O)(=O)N1C[C@@H](O)[C@@H](O)C1. The molecule has 0 aromatic heterocycles. The molecule has 0 aromatic carbocycles. The Labute approximate surface area is 84.4 Å². The molecule has 14 heavy (non-hydrogen) atoms. The minimum atomic E-state index is -3.31. The van der Waals surface area contributed by atoms with Gasteiger partial charge in [-0.15, -0.1) is 0 Å². The Kier molecular flexibility index (Phi) is 3.52. The van der Waals surface area contributed by atoms with Gasteiger partial charge in [0.2, 0.25) is 10.0 Å². The van der Waals surface area contributed by atoms with Crippen LogP contribution in [0.15, 0.2) is 0 Å². The fraction of sp³-hybridized carbons (Fsp3) is 1.00. The molecule has 5 nitrogen and oxygen atoms in total. The van der Waals surface area contributed by atoms with Gasteiger partial charge < -0.3 is 10.2 Å². The van der Waals surface area contributed by atoms with Gasteiger partial charge in [0.25, 0.3) is 0 Å². The standard InChI is InChI=1S/C8H17NO4S/c1-6(2)5-14(12,13)9-3-7(10)8(11)4-9/h6-8,10-11H,3-5H2,1-2H3/t7-,8+. The lowest BCUT2D eigenvalue weighted by Crippen LogP contribution is -2.33. The second-order valence-electron chi connectivity index (χ2n) is 4.12. The lowest BCUT2D eigenvalue weighted by atomic mass is 10.3. The van der Waals surface area contributed by atoms with Gasteiger partial charge in [-0.2, -0.15) is 4.31 Å². The fourth-order valence-corrected chi connectivity index (χ4v) is 3.30. The predicted molar refractivity (Wildman–Crippen MR) is 52.2 cm³/mol. The van der Waals surface area contributed by atoms with Crippen LogP contribution in [0.25, 0.3) is 0 Å². The van der Waals surface area contributed by atoms with Crippen LogP contribution in [0.4, 0.5) is 0 Å². The summed E-state index contributed by atoms with van der Waals surface area (Å²) in [6.45, 7) is 3.66. The lowest BCUT2D eigenvalue weighted by Gasteiger charge is -2.16. The highest BCUT2D eigenvalue weighted by Crippen LogP contribution is 2.16. The average molecular weight is 223 g/mol. The molecule has 6 heteroatoms. The van der Waals surface area contributed by atoms with Gasteiger partial charge in [-0.3, -0.25) is 0 Å². The third-order valence-corrected chi connectivity index (χ3v) is 4.34. The van der Waals surface area contributed by atoms with E-state index in [1.54, 1.807) is 0 Å². The Morgan fingerprint density at radius 3 is 2.07 bits per heavy atom. The average Bonchev–Trinajstić information content (AvgIpc) is 2.30. The smallest absolute Gasteiger partial charge is 0.214 e. The molecular formula is C8H17NO4S. The molecule has 0 aromatic rings. The normalized spacial score (nSPS) is 30.1. The van der Waals surface area contributed by atoms with Crippen molar-refractivity contribution in [1.29, 1.82) is 0 Å². The predicted octanol–water partition coefficient (Wildman–Crippen LogP) is -0.990. The first-order chi connectivity index (χ1) is 6.33. The molecule has 1 aliphatic heterocycles. The summed E-state index contributed by atoms with van der Waals surface area (Å²) in [6.07, 6.45) is -1.89. The molecule has 0 unspecified atom stereocenters. The van der Waals surface area contributed by atoms with E-state index in [9.17, 15) is 18.6 Å². The molecule has 1 saturated heterocycles. The molecule has 0 radical (unpaired) electrons. The monoisotopic (exact) mass is 223 g/mol. The summed E-state index contributed by atoms with van der Waals surface area (Å²) in [6, 6.07) is 0. The molecule has 1 fully saturated rings. The van der Waals surface area contributed by atoms with E-state index in [0.29, 0.717) is 0 Å². The van der Waals surface area contributed by atoms with E-state index in [1.807, 2.05) is 13.8 Å². The maximum Gasteiger partial charge on any atom is 0.214 e. The molecule has 1 aliphatic rings. The number of aliphatic hydroxyl groups excluding tert-OH is 2. The van der Waals surface area contributed by atoms with Crippen LogP contribution in [0.5, 0.6) is 0 Å². The zero-order chi connectivity index (χ0) is 10.9. The van der Waals surface area contributed by atoms with E-state index in [-0.39, 0.29) is 24.8 Å². The van der Waals surface area contributed by atoms with Gasteiger partial charge in [0.05, 0.1) is 18.0 Å². The molecular weight excluding hydrogens is 206 g/mol. The van der Waals surface area contributed by atoms with Crippen LogP contribution in [-0.2, 0) is 10.0 Å². The van der Waals surface area contributed by atoms with Crippen molar-refractivity contribution in [3.8, 4) is 0 Å². The Morgan fingerprint density at radius 1 is 1.29 bits per heavy atom. The Morgan fingerprint density at radius 2 is 1.71 bits per heavy atom. The van der Waals surface area contributed by atoms with Crippen molar-refractivity contribution in [3.05, 3.63) is 0 Å². The van der Waals surface area contributed by atoms with E-state index in [1.165, 1.54) is 0 Å². The minimum absolute atomic E-state index is 0.0101. The molecule has 0 aliphatic carbocycles. The third kappa shape index (κ3) is 2.66. The summed E-state index contributed by atoms with van der Waals surface area (Å²) >= 11 is 0. The first-order valence-corrected chi connectivity index (χ1v) is 6.28. The van der Waals surface area contributed by atoms with Gasteiger partial charge in [-0.1, -0.05) is 13.8 Å². The van der Waals surface area contributed by atoms with Crippen molar-refractivity contribution in [1.82, 2.24) is 4.31 Å². The molecule has 2 N–H and O–H groups in total. The molecule has 0 saturated carbocycles. The van der Waals surface area contributed by atoms with Gasteiger partial charge in [0.15, 0.2) is 0 Å². The number of aliphatic hydroxyl groups is 2. The molecule has 1 heterocycles. The van der Waals surface area contributed by atoms with E-state index >= 15 is 0 Å². The number of nitrogens with zero attached hydrogens (tertiary/aromatic N) is 1. The van der Waals surface area contributed by atoms with Crippen molar-refractivity contribution >= 4 is 10.0 Å². The molecule has 84 valence electrons. The first-order valence-electron chi connectivity index (χ1n) is 4.67. The van der Waals surface area contributed by atoms with Crippen LogP contribution in [0, 0.1) is 5.92 Å². The largest absolute Gasteiger partial charge is 0.389 e. The van der Waals surface area contributed by atoms with Gasteiger partial charge in [-0.25, -0.2) is 8.42 Å². The van der Waals surface area contributed by atoms with Gasteiger partial charge in [0, 0.05) is 13.1 Å². The fourth-order valence-electron chi connectivity index (χ4n) is 1.49. The van der Waals surface area contributed by atoms with E-state index < -0.39 is 22.2 Å². The highest BCUT2D eigenvalue weighted by molar-refractivity contribution is 7.89. The van der Waals surface area contributed by atoms with Gasteiger partial charge in [0.1, 0.15) is 0 Å². The second kappa shape index (κ2) is 4.14. The van der Waals surface area contributed by atoms with Crippen molar-refractivity contribution in [2.75, 3.05) is 18.8 Å². The Balaban J connectivity index is 2.66.